The molecule has 0 aliphatic rings. The molecule has 0 saturated heterocycles. The minimum Gasteiger partial charge on any atom is -0.378 e. The van der Waals surface area contributed by atoms with Gasteiger partial charge in [-0.3, -0.25) is 0 Å². The molecule has 2 nitrogen and oxygen atoms in total. The average molecular weight is 215 g/mol. The molecule has 0 spiro atoms. The number of hydrogen-bond acceptors (Lipinski definition) is 2. The first-order valence-electron chi connectivity index (χ1n) is 6.04. The molecule has 2 atom stereocenters. The highest BCUT2D eigenvalue weighted by Crippen LogP contribution is 2.39. The lowest BCUT2D eigenvalue weighted by atomic mass is 9.70. The second-order valence-electron chi connectivity index (χ2n) is 6.49. The molecule has 0 heterocycles. The van der Waals surface area contributed by atoms with Crippen molar-refractivity contribution in [3.8, 4) is 0 Å². The molecule has 0 amide bonds. The van der Waals surface area contributed by atoms with E-state index in [0.29, 0.717) is 0 Å². The van der Waals surface area contributed by atoms with Gasteiger partial charge in [-0.05, 0) is 24.2 Å². The van der Waals surface area contributed by atoms with Crippen molar-refractivity contribution in [2.75, 3.05) is 0 Å². The van der Waals surface area contributed by atoms with Crippen LogP contribution in [0.15, 0.2) is 0 Å². The van der Waals surface area contributed by atoms with Crippen molar-refractivity contribution in [1.29, 1.82) is 0 Å². The lowest BCUT2D eigenvalue weighted by Crippen LogP contribution is -2.40. The normalized spacial score (nSPS) is 17.6. The maximum Gasteiger partial charge on any atom is 0.107 e. The van der Waals surface area contributed by atoms with Crippen LogP contribution in [-0.4, -0.2) is 11.3 Å². The Morgan fingerprint density at radius 2 is 1.67 bits per heavy atom. The third-order valence-corrected chi connectivity index (χ3v) is 3.33. The van der Waals surface area contributed by atoms with Crippen LogP contribution in [0.5, 0.6) is 0 Å². The molecule has 0 bridgehead atoms. The van der Waals surface area contributed by atoms with Gasteiger partial charge in [0.25, 0.3) is 0 Å². The van der Waals surface area contributed by atoms with Crippen LogP contribution < -0.4 is 5.73 Å². The van der Waals surface area contributed by atoms with Crippen molar-refractivity contribution in [2.24, 2.45) is 22.5 Å². The Bertz CT molecular complexity index is 185. The van der Waals surface area contributed by atoms with Crippen LogP contribution in [0.2, 0.25) is 0 Å². The molecule has 2 unspecified atom stereocenters. The van der Waals surface area contributed by atoms with E-state index in [1.165, 1.54) is 12.8 Å². The fourth-order valence-corrected chi connectivity index (χ4v) is 2.50. The molecule has 0 fully saturated rings. The van der Waals surface area contributed by atoms with Crippen LogP contribution in [0.25, 0.3) is 0 Å². The number of rotatable bonds is 6. The molecule has 0 saturated carbocycles. The van der Waals surface area contributed by atoms with Gasteiger partial charge in [-0.1, -0.05) is 48.0 Å². The van der Waals surface area contributed by atoms with E-state index in [-0.39, 0.29) is 10.8 Å². The van der Waals surface area contributed by atoms with Gasteiger partial charge < -0.3 is 10.8 Å². The van der Waals surface area contributed by atoms with Crippen LogP contribution >= 0.6 is 0 Å². The van der Waals surface area contributed by atoms with Gasteiger partial charge in [0.05, 0.1) is 0 Å². The first-order valence-corrected chi connectivity index (χ1v) is 6.04. The highest BCUT2D eigenvalue weighted by Gasteiger charge is 2.33. The minimum absolute atomic E-state index is 0.197. The van der Waals surface area contributed by atoms with E-state index in [4.69, 9.17) is 5.73 Å². The van der Waals surface area contributed by atoms with Gasteiger partial charge in [-0.15, -0.1) is 0 Å². The fourth-order valence-electron chi connectivity index (χ4n) is 2.50. The summed E-state index contributed by atoms with van der Waals surface area (Å²) in [6.45, 7) is 13.1. The molecule has 0 aliphatic heterocycles. The van der Waals surface area contributed by atoms with E-state index in [1.54, 1.807) is 0 Å². The zero-order chi connectivity index (χ0) is 12.3. The fraction of sp³-hybridized carbons (Fsp3) is 1.00. The Hall–Kier alpha value is -0.0800. The summed E-state index contributed by atoms with van der Waals surface area (Å²) in [5.74, 6) is 0.741. The van der Waals surface area contributed by atoms with E-state index < -0.39 is 6.23 Å². The van der Waals surface area contributed by atoms with Crippen molar-refractivity contribution in [3.63, 3.8) is 0 Å². The highest BCUT2D eigenvalue weighted by atomic mass is 16.3. The van der Waals surface area contributed by atoms with Gasteiger partial charge in [0, 0.05) is 5.41 Å². The maximum atomic E-state index is 9.51. The van der Waals surface area contributed by atoms with Crippen LogP contribution in [0.3, 0.4) is 0 Å². The Morgan fingerprint density at radius 3 is 2.00 bits per heavy atom. The van der Waals surface area contributed by atoms with Gasteiger partial charge in [0.1, 0.15) is 6.23 Å². The lowest BCUT2D eigenvalue weighted by Gasteiger charge is -2.38. The lowest BCUT2D eigenvalue weighted by molar-refractivity contribution is 0.0168. The monoisotopic (exact) mass is 215 g/mol. The molecule has 0 rings (SSSR count). The predicted molar refractivity (Wildman–Crippen MR) is 66.4 cm³/mol. The molecule has 2 heteroatoms. The van der Waals surface area contributed by atoms with Crippen molar-refractivity contribution in [3.05, 3.63) is 0 Å². The number of hydrogen-bond donors (Lipinski definition) is 2. The highest BCUT2D eigenvalue weighted by molar-refractivity contribution is 4.83. The number of aliphatic hydroxyl groups is 1. The number of nitrogens with two attached hydrogens (primary N) is 1. The van der Waals surface area contributed by atoms with Crippen LogP contribution in [0, 0.1) is 16.7 Å². The van der Waals surface area contributed by atoms with Crippen molar-refractivity contribution in [1.82, 2.24) is 0 Å². The van der Waals surface area contributed by atoms with Gasteiger partial charge in [0.2, 0.25) is 0 Å². The van der Waals surface area contributed by atoms with E-state index in [1.807, 2.05) is 13.8 Å². The minimum atomic E-state index is -0.728. The second-order valence-corrected chi connectivity index (χ2v) is 6.49. The molecule has 15 heavy (non-hydrogen) atoms. The third kappa shape index (κ3) is 5.53. The van der Waals surface area contributed by atoms with Crippen LogP contribution in [0.4, 0.5) is 0 Å². The summed E-state index contributed by atoms with van der Waals surface area (Å²) in [5.41, 5.74) is 5.65. The van der Waals surface area contributed by atoms with E-state index in [0.717, 1.165) is 12.3 Å². The molecular formula is C13H29NO. The molecule has 0 aliphatic carbocycles. The molecule has 92 valence electrons. The summed E-state index contributed by atoms with van der Waals surface area (Å²) < 4.78 is 0. The zero-order valence-corrected chi connectivity index (χ0v) is 11.3. The van der Waals surface area contributed by atoms with E-state index >= 15 is 0 Å². The summed E-state index contributed by atoms with van der Waals surface area (Å²) in [6.07, 6.45) is 2.64. The summed E-state index contributed by atoms with van der Waals surface area (Å²) >= 11 is 0. The van der Waals surface area contributed by atoms with Crippen molar-refractivity contribution < 1.29 is 5.11 Å². The Labute approximate surface area is 95.3 Å². The Morgan fingerprint density at radius 1 is 1.20 bits per heavy atom. The summed E-state index contributed by atoms with van der Waals surface area (Å²) in [6, 6.07) is 0. The van der Waals surface area contributed by atoms with Crippen molar-refractivity contribution >= 4 is 0 Å². The average Bonchev–Trinajstić information content (AvgIpc) is 2.00. The quantitative estimate of drug-likeness (QED) is 0.669. The molecule has 0 aromatic rings. The zero-order valence-electron chi connectivity index (χ0n) is 11.3. The summed E-state index contributed by atoms with van der Waals surface area (Å²) in [4.78, 5) is 0. The van der Waals surface area contributed by atoms with Gasteiger partial charge >= 0.3 is 0 Å². The van der Waals surface area contributed by atoms with Gasteiger partial charge in [0.15, 0.2) is 0 Å². The molecule has 0 radical (unpaired) electrons. The molecule has 3 N–H and O–H groups in total. The SMILES string of the molecule is CCC(C)CC(C)(C)CC(C)(C)C(N)O. The topological polar surface area (TPSA) is 46.2 Å². The molecule has 0 aromatic heterocycles. The van der Waals surface area contributed by atoms with Crippen LogP contribution in [-0.2, 0) is 0 Å². The second kappa shape index (κ2) is 5.31. The predicted octanol–water partition coefficient (Wildman–Crippen LogP) is 3.14. The summed E-state index contributed by atoms with van der Waals surface area (Å²) in [7, 11) is 0. The van der Waals surface area contributed by atoms with E-state index in [2.05, 4.69) is 27.7 Å². The van der Waals surface area contributed by atoms with E-state index in [9.17, 15) is 5.11 Å². The summed E-state index contributed by atoms with van der Waals surface area (Å²) in [5, 5.41) is 9.51. The Kier molecular flexibility index (Phi) is 5.28. The molecular weight excluding hydrogens is 186 g/mol. The first-order chi connectivity index (χ1) is 6.60. The smallest absolute Gasteiger partial charge is 0.107 e. The van der Waals surface area contributed by atoms with Crippen LogP contribution in [0.1, 0.15) is 60.8 Å². The molecule has 0 aromatic carbocycles. The largest absolute Gasteiger partial charge is 0.378 e. The van der Waals surface area contributed by atoms with Crippen molar-refractivity contribution in [2.45, 2.75) is 67.0 Å². The van der Waals surface area contributed by atoms with Gasteiger partial charge in [-0.2, -0.15) is 0 Å². The standard InChI is InChI=1S/C13H29NO/c1-7-10(2)8-12(3,4)9-13(5,6)11(14)15/h10-11,15H,7-9,14H2,1-6H3. The Balaban J connectivity index is 4.36. The third-order valence-electron chi connectivity index (χ3n) is 3.33. The van der Waals surface area contributed by atoms with Gasteiger partial charge in [-0.25, -0.2) is 0 Å². The first kappa shape index (κ1) is 14.9. The number of aliphatic hydroxyl groups excluding tert-OH is 1. The maximum absolute atomic E-state index is 9.51.